The average molecular weight is 361 g/mol. The Balaban J connectivity index is 1.35. The van der Waals surface area contributed by atoms with Crippen LogP contribution in [0.5, 0.6) is 0 Å². The molecular weight excluding hydrogens is 342 g/mol. The largest absolute Gasteiger partial charge is 0.339 e. The maximum absolute atomic E-state index is 5.41. The summed E-state index contributed by atoms with van der Waals surface area (Å²) in [6, 6.07) is 12.2. The topological polar surface area (TPSA) is 86.6 Å². The van der Waals surface area contributed by atoms with Gasteiger partial charge in [-0.25, -0.2) is 4.98 Å². The van der Waals surface area contributed by atoms with Gasteiger partial charge >= 0.3 is 0 Å². The van der Waals surface area contributed by atoms with E-state index in [9.17, 15) is 0 Å². The second-order valence-corrected chi connectivity index (χ2v) is 6.57. The molecule has 0 amide bonds. The van der Waals surface area contributed by atoms with Crippen LogP contribution in [-0.2, 0) is 26.1 Å². The van der Waals surface area contributed by atoms with E-state index in [-0.39, 0.29) is 0 Å². The number of nitrogens with one attached hydrogen (secondary N) is 1. The molecule has 1 N–H and O–H groups in total. The highest BCUT2D eigenvalue weighted by molar-refractivity contribution is 5.50. The Labute approximate surface area is 155 Å². The lowest BCUT2D eigenvalue weighted by molar-refractivity contribution is 0.378. The van der Waals surface area contributed by atoms with Crippen molar-refractivity contribution >= 4 is 0 Å². The van der Waals surface area contributed by atoms with Crippen LogP contribution in [0.3, 0.4) is 0 Å². The lowest BCUT2D eigenvalue weighted by Crippen LogP contribution is -2.28. The summed E-state index contributed by atoms with van der Waals surface area (Å²) in [5.74, 6) is 2.05. The predicted octanol–water partition coefficient (Wildman–Crippen LogP) is 1.87. The van der Waals surface area contributed by atoms with Crippen LogP contribution in [0.25, 0.3) is 11.5 Å². The summed E-state index contributed by atoms with van der Waals surface area (Å²) >= 11 is 0. The Morgan fingerprint density at radius 3 is 3.00 bits per heavy atom. The third-order valence-electron chi connectivity index (χ3n) is 4.63. The van der Waals surface area contributed by atoms with Crippen LogP contribution in [0.15, 0.2) is 53.3 Å². The fourth-order valence-electron chi connectivity index (χ4n) is 3.32. The van der Waals surface area contributed by atoms with Gasteiger partial charge in [0.05, 0.1) is 25.2 Å². The molecule has 0 radical (unpaired) electrons. The van der Waals surface area contributed by atoms with E-state index < -0.39 is 0 Å². The van der Waals surface area contributed by atoms with Crippen molar-refractivity contribution in [1.82, 2.24) is 34.8 Å². The lowest BCUT2D eigenvalue weighted by atomic mass is 10.1. The number of fused-ring (bicyclic) bond motifs is 1. The Morgan fingerprint density at radius 2 is 2.11 bits per heavy atom. The van der Waals surface area contributed by atoms with E-state index >= 15 is 0 Å². The first-order valence-electron chi connectivity index (χ1n) is 8.99. The molecule has 1 aliphatic heterocycles. The van der Waals surface area contributed by atoms with Gasteiger partial charge in [0.15, 0.2) is 11.6 Å². The van der Waals surface area contributed by atoms with Gasteiger partial charge in [0.25, 0.3) is 0 Å². The van der Waals surface area contributed by atoms with E-state index in [2.05, 4.69) is 31.6 Å². The Hall–Kier alpha value is -3.26. The maximum Gasteiger partial charge on any atom is 0.231 e. The monoisotopic (exact) mass is 361 g/mol. The zero-order valence-electron chi connectivity index (χ0n) is 14.7. The van der Waals surface area contributed by atoms with Crippen LogP contribution in [0, 0.1) is 0 Å². The number of nitrogens with zero attached hydrogens (tertiary/aromatic N) is 6. The molecule has 0 unspecified atom stereocenters. The fourth-order valence-corrected chi connectivity index (χ4v) is 3.32. The van der Waals surface area contributed by atoms with Crippen LogP contribution in [0.2, 0.25) is 0 Å². The van der Waals surface area contributed by atoms with Gasteiger partial charge in [-0.15, -0.1) is 0 Å². The van der Waals surface area contributed by atoms with Gasteiger partial charge in [0.2, 0.25) is 5.89 Å². The van der Waals surface area contributed by atoms with Crippen molar-refractivity contribution in [3.05, 3.63) is 71.8 Å². The van der Waals surface area contributed by atoms with E-state index in [1.165, 1.54) is 5.69 Å². The van der Waals surface area contributed by atoms with Gasteiger partial charge in [-0.1, -0.05) is 35.5 Å². The van der Waals surface area contributed by atoms with Gasteiger partial charge in [-0.2, -0.15) is 10.1 Å². The molecular formula is C19H19N7O. The van der Waals surface area contributed by atoms with Crippen molar-refractivity contribution in [3.63, 3.8) is 0 Å². The number of rotatable bonds is 5. The summed E-state index contributed by atoms with van der Waals surface area (Å²) < 4.78 is 9.44. The Bertz CT molecular complexity index is 1020. The molecule has 0 spiro atoms. The molecule has 8 nitrogen and oxygen atoms in total. The molecule has 27 heavy (non-hydrogen) atoms. The fraction of sp³-hybridized carbons (Fsp3) is 0.263. The number of benzene rings is 1. The van der Waals surface area contributed by atoms with Crippen molar-refractivity contribution < 1.29 is 4.52 Å². The normalized spacial score (nSPS) is 13.6. The van der Waals surface area contributed by atoms with E-state index in [1.807, 2.05) is 45.8 Å². The minimum Gasteiger partial charge on any atom is -0.339 e. The van der Waals surface area contributed by atoms with E-state index in [1.54, 1.807) is 6.20 Å². The minimum absolute atomic E-state index is 0.494. The first-order chi connectivity index (χ1) is 13.3. The van der Waals surface area contributed by atoms with Crippen molar-refractivity contribution in [2.75, 3.05) is 6.54 Å². The van der Waals surface area contributed by atoms with Crippen LogP contribution in [0.4, 0.5) is 0 Å². The predicted molar refractivity (Wildman–Crippen MR) is 97.8 cm³/mol. The third kappa shape index (κ3) is 3.26. The lowest BCUT2D eigenvalue weighted by Gasteiger charge is -2.13. The van der Waals surface area contributed by atoms with Crippen molar-refractivity contribution in [2.24, 2.45) is 0 Å². The van der Waals surface area contributed by atoms with Gasteiger partial charge in [0.1, 0.15) is 5.69 Å². The van der Waals surface area contributed by atoms with Crippen LogP contribution < -0.4 is 5.32 Å². The minimum atomic E-state index is 0.494. The molecule has 0 fully saturated rings. The average Bonchev–Trinajstić information content (AvgIpc) is 3.42. The molecule has 0 atom stereocenters. The molecule has 8 heteroatoms. The standard InChI is InChI=1S/C19H19N7O/c1-2-4-14(5-3-1)10-18-22-17(24-27-18)13-25-8-7-21-19(25)16-11-15-12-20-6-9-26(15)23-16/h1-5,7-8,11,20H,6,9-10,12-13H2. The molecule has 0 saturated carbocycles. The summed E-state index contributed by atoms with van der Waals surface area (Å²) in [5.41, 5.74) is 3.19. The second kappa shape index (κ2) is 6.81. The molecule has 0 aliphatic carbocycles. The Kier molecular flexibility index (Phi) is 4.02. The highest BCUT2D eigenvalue weighted by Gasteiger charge is 2.17. The molecule has 5 rings (SSSR count). The summed E-state index contributed by atoms with van der Waals surface area (Å²) in [6.07, 6.45) is 4.32. The summed E-state index contributed by atoms with van der Waals surface area (Å²) in [7, 11) is 0. The Morgan fingerprint density at radius 1 is 1.19 bits per heavy atom. The molecule has 1 aromatic carbocycles. The molecule has 0 bridgehead atoms. The van der Waals surface area contributed by atoms with E-state index in [0.717, 1.165) is 36.7 Å². The number of hydrogen-bond acceptors (Lipinski definition) is 6. The third-order valence-corrected chi connectivity index (χ3v) is 4.63. The van der Waals surface area contributed by atoms with E-state index in [0.29, 0.717) is 24.7 Å². The number of aromatic nitrogens is 6. The first kappa shape index (κ1) is 16.0. The quantitative estimate of drug-likeness (QED) is 0.584. The van der Waals surface area contributed by atoms with E-state index in [4.69, 9.17) is 4.52 Å². The zero-order valence-corrected chi connectivity index (χ0v) is 14.7. The smallest absolute Gasteiger partial charge is 0.231 e. The number of hydrogen-bond donors (Lipinski definition) is 1. The molecule has 4 aromatic rings. The van der Waals surface area contributed by atoms with Crippen molar-refractivity contribution in [3.8, 4) is 11.5 Å². The molecule has 4 heterocycles. The first-order valence-corrected chi connectivity index (χ1v) is 8.99. The number of imidazole rings is 1. The van der Waals surface area contributed by atoms with Crippen molar-refractivity contribution in [2.45, 2.75) is 26.1 Å². The van der Waals surface area contributed by atoms with Crippen LogP contribution >= 0.6 is 0 Å². The molecule has 136 valence electrons. The highest BCUT2D eigenvalue weighted by Crippen LogP contribution is 2.19. The van der Waals surface area contributed by atoms with Crippen LogP contribution in [-0.4, -0.2) is 36.0 Å². The SMILES string of the molecule is c1ccc(Cc2nc(Cn3ccnc3-c3cc4n(n3)CCNC4)no2)cc1. The van der Waals surface area contributed by atoms with Gasteiger partial charge < -0.3 is 14.4 Å². The second-order valence-electron chi connectivity index (χ2n) is 6.57. The van der Waals surface area contributed by atoms with Crippen molar-refractivity contribution in [1.29, 1.82) is 0 Å². The van der Waals surface area contributed by atoms with Gasteiger partial charge in [-0.3, -0.25) is 4.68 Å². The summed E-state index contributed by atoms with van der Waals surface area (Å²) in [4.78, 5) is 9.00. The summed E-state index contributed by atoms with van der Waals surface area (Å²) in [6.45, 7) is 3.15. The van der Waals surface area contributed by atoms with Gasteiger partial charge in [-0.05, 0) is 11.6 Å². The maximum atomic E-state index is 5.41. The van der Waals surface area contributed by atoms with Crippen LogP contribution in [0.1, 0.15) is 23.0 Å². The zero-order chi connectivity index (χ0) is 18.1. The summed E-state index contributed by atoms with van der Waals surface area (Å²) in [5, 5.41) is 12.2. The molecule has 0 saturated heterocycles. The van der Waals surface area contributed by atoms with Gasteiger partial charge in [0, 0.05) is 25.5 Å². The molecule has 3 aromatic heterocycles. The highest BCUT2D eigenvalue weighted by atomic mass is 16.5. The molecule has 1 aliphatic rings.